The third-order valence-electron chi connectivity index (χ3n) is 9.07. The highest BCUT2D eigenvalue weighted by Crippen LogP contribution is 2.59. The minimum Gasteiger partial charge on any atom is -0.325 e. The molecule has 232 valence electrons. The Balaban J connectivity index is 1.13. The fourth-order valence-electron chi connectivity index (χ4n) is 6.61. The quantitative estimate of drug-likeness (QED) is 0.163. The van der Waals surface area contributed by atoms with Gasteiger partial charge in [0.15, 0.2) is 5.78 Å². The number of pyridine rings is 1. The average Bonchev–Trinajstić information content (AvgIpc) is 3.38. The largest absolute Gasteiger partial charge is 0.325 e. The van der Waals surface area contributed by atoms with Crippen LogP contribution in [0.4, 0.5) is 5.82 Å². The number of ketones is 1. The number of aryl methyl sites for hydroxylation is 1. The zero-order valence-corrected chi connectivity index (χ0v) is 27.3. The molecule has 0 bridgehead atoms. The van der Waals surface area contributed by atoms with Crippen molar-refractivity contribution < 1.29 is 14.4 Å². The molecule has 2 amide bonds. The maximum atomic E-state index is 14.0. The van der Waals surface area contributed by atoms with E-state index in [-0.39, 0.29) is 41.3 Å². The molecule has 3 aromatic heterocycles. The van der Waals surface area contributed by atoms with Crippen molar-refractivity contribution in [2.45, 2.75) is 58.7 Å². The Hall–Kier alpha value is -4.77. The average molecular weight is 679 g/mol. The summed E-state index contributed by atoms with van der Waals surface area (Å²) in [6.45, 7) is 5.31. The third-order valence-corrected chi connectivity index (χ3v) is 9.47. The van der Waals surface area contributed by atoms with Gasteiger partial charge in [0.25, 0.3) is 0 Å². The summed E-state index contributed by atoms with van der Waals surface area (Å²) in [5.74, 6) is 0.422. The molecule has 2 aromatic carbocycles. The Morgan fingerprint density at radius 3 is 2.48 bits per heavy atom. The number of Topliss-reactive ketones (excluding diaryl/α,β-unsaturated/α-hetero) is 1. The number of fused-ring (bicyclic) bond motifs is 2. The van der Waals surface area contributed by atoms with Crippen molar-refractivity contribution in [1.82, 2.24) is 29.6 Å². The van der Waals surface area contributed by atoms with E-state index < -0.39 is 6.04 Å². The van der Waals surface area contributed by atoms with Gasteiger partial charge in [-0.2, -0.15) is 5.10 Å². The predicted molar refractivity (Wildman–Crippen MR) is 177 cm³/mol. The highest BCUT2D eigenvalue weighted by Gasteiger charge is 2.64. The third kappa shape index (κ3) is 5.71. The van der Waals surface area contributed by atoms with Crippen molar-refractivity contribution in [3.05, 3.63) is 100 Å². The zero-order chi connectivity index (χ0) is 32.2. The van der Waals surface area contributed by atoms with Crippen LogP contribution in [0.1, 0.15) is 54.1 Å². The molecule has 1 N–H and O–H groups in total. The van der Waals surface area contributed by atoms with E-state index >= 15 is 0 Å². The molecule has 11 heteroatoms. The Labute approximate surface area is 274 Å². The van der Waals surface area contributed by atoms with Gasteiger partial charge in [0.2, 0.25) is 11.8 Å². The Morgan fingerprint density at radius 2 is 1.74 bits per heavy atom. The molecular formula is C35H32BrN7O3. The second kappa shape index (κ2) is 11.5. The number of hydrogen-bond acceptors (Lipinski definition) is 7. The Bertz CT molecular complexity index is 2010. The second-order valence-corrected chi connectivity index (χ2v) is 13.4. The first-order chi connectivity index (χ1) is 22.1. The number of likely N-dealkylation sites (tertiary alicyclic amines) is 1. The lowest BCUT2D eigenvalue weighted by atomic mass is 10.0. The highest BCUT2D eigenvalue weighted by atomic mass is 79.9. The van der Waals surface area contributed by atoms with Gasteiger partial charge in [-0.3, -0.25) is 19.1 Å². The first kappa shape index (κ1) is 29.9. The summed E-state index contributed by atoms with van der Waals surface area (Å²) in [6, 6.07) is 18.9. The SMILES string of the molecule is CC(=O)c1nn(CC(=O)N2[C@H](C(=O)Nc3cc(Cc4ccccc4)cc(Br)n3)C[C@@]3(C)C[C@@H]23)c2ccc(-c3cnc(C)nc3)cc12. The molecule has 3 atom stereocenters. The van der Waals surface area contributed by atoms with Crippen LogP contribution in [0, 0.1) is 12.3 Å². The van der Waals surface area contributed by atoms with Gasteiger partial charge in [-0.1, -0.05) is 43.3 Å². The van der Waals surface area contributed by atoms with Gasteiger partial charge < -0.3 is 10.2 Å². The molecule has 5 aromatic rings. The zero-order valence-electron chi connectivity index (χ0n) is 25.7. The van der Waals surface area contributed by atoms with Crippen LogP contribution in [0.15, 0.2) is 77.7 Å². The molecule has 46 heavy (non-hydrogen) atoms. The lowest BCUT2D eigenvalue weighted by molar-refractivity contribution is -0.138. The molecule has 1 aliphatic carbocycles. The number of anilines is 1. The fraction of sp³-hybridized carbons (Fsp3) is 0.286. The van der Waals surface area contributed by atoms with Gasteiger partial charge in [0.1, 0.15) is 34.5 Å². The van der Waals surface area contributed by atoms with Crippen LogP contribution in [0.25, 0.3) is 22.0 Å². The predicted octanol–water partition coefficient (Wildman–Crippen LogP) is 5.77. The molecule has 0 unspecified atom stereocenters. The van der Waals surface area contributed by atoms with Crippen molar-refractivity contribution in [1.29, 1.82) is 0 Å². The molecular weight excluding hydrogens is 646 g/mol. The molecule has 1 saturated heterocycles. The molecule has 2 aliphatic rings. The van der Waals surface area contributed by atoms with Gasteiger partial charge in [-0.05, 0) is 88.5 Å². The van der Waals surface area contributed by atoms with Crippen LogP contribution in [0.5, 0.6) is 0 Å². The highest BCUT2D eigenvalue weighted by molar-refractivity contribution is 9.10. The van der Waals surface area contributed by atoms with Crippen LogP contribution in [0.3, 0.4) is 0 Å². The molecule has 0 radical (unpaired) electrons. The van der Waals surface area contributed by atoms with E-state index in [4.69, 9.17) is 0 Å². The van der Waals surface area contributed by atoms with E-state index in [0.29, 0.717) is 40.0 Å². The molecule has 1 saturated carbocycles. The summed E-state index contributed by atoms with van der Waals surface area (Å²) in [5.41, 5.74) is 4.66. The number of nitrogens with zero attached hydrogens (tertiary/aromatic N) is 6. The van der Waals surface area contributed by atoms with Crippen molar-refractivity contribution in [3.63, 3.8) is 0 Å². The van der Waals surface area contributed by atoms with Gasteiger partial charge in [-0.15, -0.1) is 0 Å². The van der Waals surface area contributed by atoms with Crippen LogP contribution >= 0.6 is 15.9 Å². The Morgan fingerprint density at radius 1 is 0.978 bits per heavy atom. The molecule has 10 nitrogen and oxygen atoms in total. The van der Waals surface area contributed by atoms with Crippen molar-refractivity contribution in [2.75, 3.05) is 5.32 Å². The van der Waals surface area contributed by atoms with E-state index in [2.05, 4.69) is 60.4 Å². The fourth-order valence-corrected chi connectivity index (χ4v) is 7.09. The first-order valence-corrected chi connectivity index (χ1v) is 16.0. The number of carbonyl (C=O) groups is 3. The maximum Gasteiger partial charge on any atom is 0.248 e. The number of amides is 2. The van der Waals surface area contributed by atoms with Gasteiger partial charge in [0, 0.05) is 36.3 Å². The van der Waals surface area contributed by atoms with E-state index in [0.717, 1.165) is 28.7 Å². The first-order valence-electron chi connectivity index (χ1n) is 15.2. The second-order valence-electron chi connectivity index (χ2n) is 12.5. The topological polar surface area (TPSA) is 123 Å². The molecule has 4 heterocycles. The van der Waals surface area contributed by atoms with E-state index in [1.54, 1.807) is 22.0 Å². The number of rotatable bonds is 8. The minimum absolute atomic E-state index is 0.0258. The van der Waals surface area contributed by atoms with Crippen LogP contribution < -0.4 is 5.32 Å². The van der Waals surface area contributed by atoms with Crippen LogP contribution in [-0.2, 0) is 22.6 Å². The summed E-state index contributed by atoms with van der Waals surface area (Å²) in [7, 11) is 0. The number of benzene rings is 2. The number of piperidine rings is 1. The van der Waals surface area contributed by atoms with Crippen LogP contribution in [0.2, 0.25) is 0 Å². The molecule has 2 fully saturated rings. The number of carbonyl (C=O) groups excluding carboxylic acids is 3. The minimum atomic E-state index is -0.642. The van der Waals surface area contributed by atoms with Crippen molar-refractivity contribution in [2.24, 2.45) is 5.41 Å². The van der Waals surface area contributed by atoms with Gasteiger partial charge in [-0.25, -0.2) is 15.0 Å². The van der Waals surface area contributed by atoms with Crippen molar-refractivity contribution in [3.8, 4) is 11.1 Å². The summed E-state index contributed by atoms with van der Waals surface area (Å²) in [4.78, 5) is 55.1. The standard InChI is InChI=1S/C35H32BrN7O3/c1-20(44)33-26-14-24(25-17-37-21(2)38-18-25)9-10-27(26)42(41-33)19-32(45)43-28(15-35(3)16-29(35)43)34(46)40-31-13-23(12-30(36)39-31)11-22-7-5-4-6-8-22/h4-10,12-14,17-18,28-29H,11,15-16,19H2,1-3H3,(H,39,40,46)/t28-,29+,35-/m0/s1. The number of halogens is 1. The van der Waals surface area contributed by atoms with Crippen LogP contribution in [-0.4, -0.2) is 59.3 Å². The number of hydrogen-bond donors (Lipinski definition) is 1. The summed E-state index contributed by atoms with van der Waals surface area (Å²) in [5, 5.41) is 8.20. The smallest absolute Gasteiger partial charge is 0.248 e. The number of aromatic nitrogens is 5. The summed E-state index contributed by atoms with van der Waals surface area (Å²) >= 11 is 3.48. The van der Waals surface area contributed by atoms with Crippen molar-refractivity contribution >= 4 is 50.2 Å². The molecule has 1 aliphatic heterocycles. The summed E-state index contributed by atoms with van der Waals surface area (Å²) in [6.07, 6.45) is 5.59. The van der Waals surface area contributed by atoms with Gasteiger partial charge in [0.05, 0.1) is 5.52 Å². The lowest BCUT2D eigenvalue weighted by Gasteiger charge is -2.27. The van der Waals surface area contributed by atoms with E-state index in [9.17, 15) is 14.4 Å². The Kier molecular flexibility index (Phi) is 7.51. The molecule has 7 rings (SSSR count). The molecule has 0 spiro atoms. The normalized spacial score (nSPS) is 20.0. The van der Waals surface area contributed by atoms with E-state index in [1.165, 1.54) is 6.92 Å². The maximum absolute atomic E-state index is 14.0. The number of nitrogens with one attached hydrogen (secondary N) is 1. The van der Waals surface area contributed by atoms with E-state index in [1.807, 2.05) is 55.5 Å². The monoisotopic (exact) mass is 677 g/mol. The summed E-state index contributed by atoms with van der Waals surface area (Å²) < 4.78 is 2.19. The van der Waals surface area contributed by atoms with Gasteiger partial charge >= 0.3 is 0 Å². The lowest BCUT2D eigenvalue weighted by Crippen LogP contribution is -2.46.